The monoisotopic (exact) mass is 219 g/mol. The van der Waals surface area contributed by atoms with Gasteiger partial charge in [0, 0.05) is 24.6 Å². The second kappa shape index (κ2) is 3.75. The standard InChI is InChI=1S/C13H17NO2/c14-10-5-7-16-13(9-10)6-8-15-12-4-2-1-3-11(12)13/h1-4,10H,5-9,14H2. The van der Waals surface area contributed by atoms with Gasteiger partial charge in [0.15, 0.2) is 0 Å². The average molecular weight is 219 g/mol. The van der Waals surface area contributed by atoms with Gasteiger partial charge in [-0.2, -0.15) is 0 Å². The molecule has 2 unspecified atom stereocenters. The lowest BCUT2D eigenvalue weighted by Gasteiger charge is -2.43. The van der Waals surface area contributed by atoms with E-state index in [9.17, 15) is 0 Å². The van der Waals surface area contributed by atoms with Gasteiger partial charge in [0.05, 0.1) is 6.61 Å². The fourth-order valence-corrected chi connectivity index (χ4v) is 2.78. The third-order valence-electron chi connectivity index (χ3n) is 3.60. The van der Waals surface area contributed by atoms with Crippen molar-refractivity contribution < 1.29 is 9.47 Å². The molecule has 0 bridgehead atoms. The SMILES string of the molecule is NC1CCOC2(CCOc3ccccc32)C1. The third kappa shape index (κ3) is 1.51. The summed E-state index contributed by atoms with van der Waals surface area (Å²) in [5.41, 5.74) is 7.07. The first-order chi connectivity index (χ1) is 7.80. The van der Waals surface area contributed by atoms with Crippen molar-refractivity contribution in [2.45, 2.75) is 30.9 Å². The van der Waals surface area contributed by atoms with Gasteiger partial charge in [-0.05, 0) is 18.9 Å². The van der Waals surface area contributed by atoms with E-state index in [1.54, 1.807) is 0 Å². The van der Waals surface area contributed by atoms with Crippen LogP contribution in [0.5, 0.6) is 5.75 Å². The quantitative estimate of drug-likeness (QED) is 0.723. The molecule has 16 heavy (non-hydrogen) atoms. The molecule has 1 saturated heterocycles. The van der Waals surface area contributed by atoms with Crippen molar-refractivity contribution in [1.29, 1.82) is 0 Å². The van der Waals surface area contributed by atoms with Crippen molar-refractivity contribution in [1.82, 2.24) is 0 Å². The van der Waals surface area contributed by atoms with Crippen molar-refractivity contribution in [2.75, 3.05) is 13.2 Å². The van der Waals surface area contributed by atoms with Crippen molar-refractivity contribution in [2.24, 2.45) is 5.73 Å². The van der Waals surface area contributed by atoms with Crippen LogP contribution in [-0.4, -0.2) is 19.3 Å². The molecule has 0 aliphatic carbocycles. The molecule has 3 heteroatoms. The van der Waals surface area contributed by atoms with Crippen molar-refractivity contribution in [3.05, 3.63) is 29.8 Å². The van der Waals surface area contributed by atoms with Gasteiger partial charge in [-0.25, -0.2) is 0 Å². The summed E-state index contributed by atoms with van der Waals surface area (Å²) >= 11 is 0. The summed E-state index contributed by atoms with van der Waals surface area (Å²) in [4.78, 5) is 0. The first-order valence-corrected chi connectivity index (χ1v) is 5.92. The van der Waals surface area contributed by atoms with Crippen LogP contribution in [0.1, 0.15) is 24.8 Å². The van der Waals surface area contributed by atoms with E-state index in [1.165, 1.54) is 5.56 Å². The Morgan fingerprint density at radius 1 is 1.25 bits per heavy atom. The number of nitrogens with two attached hydrogens (primary N) is 1. The largest absolute Gasteiger partial charge is 0.493 e. The van der Waals surface area contributed by atoms with Crippen LogP contribution in [-0.2, 0) is 10.3 Å². The zero-order chi connectivity index (χ0) is 11.0. The van der Waals surface area contributed by atoms with Gasteiger partial charge in [0.1, 0.15) is 11.4 Å². The minimum absolute atomic E-state index is 0.188. The van der Waals surface area contributed by atoms with E-state index in [2.05, 4.69) is 6.07 Å². The van der Waals surface area contributed by atoms with Gasteiger partial charge in [0.25, 0.3) is 0 Å². The summed E-state index contributed by atoms with van der Waals surface area (Å²) in [5.74, 6) is 0.961. The summed E-state index contributed by atoms with van der Waals surface area (Å²) < 4.78 is 11.7. The maximum absolute atomic E-state index is 6.08. The molecule has 1 spiro atoms. The van der Waals surface area contributed by atoms with E-state index in [0.29, 0.717) is 0 Å². The molecular weight excluding hydrogens is 202 g/mol. The highest BCUT2D eigenvalue weighted by atomic mass is 16.5. The molecule has 0 radical (unpaired) electrons. The third-order valence-corrected chi connectivity index (χ3v) is 3.60. The lowest BCUT2D eigenvalue weighted by Crippen LogP contribution is -2.45. The van der Waals surface area contributed by atoms with Crippen LogP contribution in [0.25, 0.3) is 0 Å². The Labute approximate surface area is 95.5 Å². The molecule has 3 rings (SSSR count). The number of rotatable bonds is 0. The summed E-state index contributed by atoms with van der Waals surface area (Å²) in [7, 11) is 0. The molecule has 0 aromatic heterocycles. The molecule has 2 N–H and O–H groups in total. The van der Waals surface area contributed by atoms with Gasteiger partial charge in [-0.3, -0.25) is 0 Å². The minimum atomic E-state index is -0.188. The summed E-state index contributed by atoms with van der Waals surface area (Å²) in [6.45, 7) is 1.49. The number of hydrogen-bond acceptors (Lipinski definition) is 3. The van der Waals surface area contributed by atoms with Gasteiger partial charge in [-0.1, -0.05) is 18.2 Å². The number of para-hydroxylation sites is 1. The van der Waals surface area contributed by atoms with Crippen molar-refractivity contribution in [3.8, 4) is 5.75 Å². The van der Waals surface area contributed by atoms with E-state index in [0.717, 1.165) is 38.2 Å². The van der Waals surface area contributed by atoms with Crippen LogP contribution < -0.4 is 10.5 Å². The molecule has 2 heterocycles. The topological polar surface area (TPSA) is 44.5 Å². The summed E-state index contributed by atoms with van der Waals surface area (Å²) in [6.07, 6.45) is 2.79. The van der Waals surface area contributed by atoms with Gasteiger partial charge < -0.3 is 15.2 Å². The molecule has 86 valence electrons. The molecule has 1 fully saturated rings. The number of hydrogen-bond donors (Lipinski definition) is 1. The van der Waals surface area contributed by atoms with Crippen LogP contribution in [0.4, 0.5) is 0 Å². The Morgan fingerprint density at radius 2 is 2.12 bits per heavy atom. The maximum atomic E-state index is 6.08. The molecule has 3 nitrogen and oxygen atoms in total. The van der Waals surface area contributed by atoms with E-state index in [-0.39, 0.29) is 11.6 Å². The highest BCUT2D eigenvalue weighted by Crippen LogP contribution is 2.44. The molecule has 0 saturated carbocycles. The Bertz CT molecular complexity index is 393. The van der Waals surface area contributed by atoms with Crippen molar-refractivity contribution in [3.63, 3.8) is 0 Å². The molecule has 1 aromatic rings. The lowest BCUT2D eigenvalue weighted by atomic mass is 9.80. The Balaban J connectivity index is 2.02. The fourth-order valence-electron chi connectivity index (χ4n) is 2.78. The smallest absolute Gasteiger partial charge is 0.125 e. The van der Waals surface area contributed by atoms with Gasteiger partial charge in [0.2, 0.25) is 0 Å². The first-order valence-electron chi connectivity index (χ1n) is 5.92. The van der Waals surface area contributed by atoms with Crippen LogP contribution in [0.15, 0.2) is 24.3 Å². The second-order valence-corrected chi connectivity index (χ2v) is 4.69. The molecule has 2 aliphatic rings. The van der Waals surface area contributed by atoms with E-state index in [1.807, 2.05) is 18.2 Å². The highest BCUT2D eigenvalue weighted by Gasteiger charge is 2.42. The van der Waals surface area contributed by atoms with Crippen LogP contribution in [0.2, 0.25) is 0 Å². The predicted molar refractivity (Wildman–Crippen MR) is 61.4 cm³/mol. The molecular formula is C13H17NO2. The normalized spacial score (nSPS) is 33.2. The van der Waals surface area contributed by atoms with Crippen LogP contribution in [0.3, 0.4) is 0 Å². The predicted octanol–water partition coefficient (Wildman–Crippen LogP) is 1.80. The fraction of sp³-hybridized carbons (Fsp3) is 0.538. The Hall–Kier alpha value is -1.06. The summed E-state index contributed by atoms with van der Waals surface area (Å²) in [5, 5.41) is 0. The van der Waals surface area contributed by atoms with Crippen LogP contribution >= 0.6 is 0 Å². The van der Waals surface area contributed by atoms with Gasteiger partial charge in [-0.15, -0.1) is 0 Å². The first kappa shape index (κ1) is 10.1. The zero-order valence-electron chi connectivity index (χ0n) is 9.32. The van der Waals surface area contributed by atoms with Crippen molar-refractivity contribution >= 4 is 0 Å². The van der Waals surface area contributed by atoms with E-state index >= 15 is 0 Å². The zero-order valence-corrected chi connectivity index (χ0v) is 9.32. The molecule has 2 aliphatic heterocycles. The lowest BCUT2D eigenvalue weighted by molar-refractivity contribution is -0.110. The number of benzene rings is 1. The Kier molecular flexibility index (Phi) is 2.37. The van der Waals surface area contributed by atoms with Gasteiger partial charge >= 0.3 is 0 Å². The number of ether oxygens (including phenoxy) is 2. The summed E-state index contributed by atoms with van der Waals surface area (Å²) in [6, 6.07) is 8.41. The van der Waals surface area contributed by atoms with E-state index < -0.39 is 0 Å². The number of fused-ring (bicyclic) bond motifs is 2. The average Bonchev–Trinajstić information content (AvgIpc) is 2.30. The van der Waals surface area contributed by atoms with Crippen LogP contribution in [0, 0.1) is 0 Å². The van der Waals surface area contributed by atoms with E-state index in [4.69, 9.17) is 15.2 Å². The maximum Gasteiger partial charge on any atom is 0.125 e. The highest BCUT2D eigenvalue weighted by molar-refractivity contribution is 5.40. The molecule has 1 aromatic carbocycles. The minimum Gasteiger partial charge on any atom is -0.493 e. The molecule has 2 atom stereocenters. The second-order valence-electron chi connectivity index (χ2n) is 4.69. The Morgan fingerprint density at radius 3 is 3.00 bits per heavy atom. The molecule has 0 amide bonds.